The molecule has 0 aliphatic rings. The highest BCUT2D eigenvalue weighted by atomic mass is 35.5. The molecular formula is C23H11Cl4F3O3. The van der Waals surface area contributed by atoms with Crippen molar-refractivity contribution >= 4 is 57.4 Å². The third kappa shape index (κ3) is 4.66. The second-order valence-electron chi connectivity index (χ2n) is 6.88. The Kier molecular flexibility index (Phi) is 6.56. The van der Waals surface area contributed by atoms with E-state index in [1.807, 2.05) is 0 Å². The van der Waals surface area contributed by atoms with Crippen LogP contribution in [0.5, 0.6) is 5.75 Å². The van der Waals surface area contributed by atoms with Crippen molar-refractivity contribution in [3.05, 3.63) is 96.2 Å². The van der Waals surface area contributed by atoms with Crippen LogP contribution < -0.4 is 10.2 Å². The van der Waals surface area contributed by atoms with Gasteiger partial charge in [0.2, 0.25) is 11.2 Å². The molecule has 0 fully saturated rings. The number of rotatable bonds is 4. The van der Waals surface area contributed by atoms with Gasteiger partial charge in [0.15, 0.2) is 0 Å². The van der Waals surface area contributed by atoms with E-state index in [4.69, 9.17) is 55.6 Å². The van der Waals surface area contributed by atoms with Gasteiger partial charge in [-0.05, 0) is 30.3 Å². The molecule has 4 aromatic rings. The van der Waals surface area contributed by atoms with E-state index in [0.717, 1.165) is 0 Å². The SMILES string of the molecule is O=c1c(-c2ccccc2Cl)c(C(F)(F)F)oc2cc(OCc3c(Cl)ccc(Cl)c3Cl)ccc12. The summed E-state index contributed by atoms with van der Waals surface area (Å²) < 4.78 is 52.3. The third-order valence-electron chi connectivity index (χ3n) is 4.79. The van der Waals surface area contributed by atoms with Gasteiger partial charge in [0.05, 0.1) is 21.0 Å². The summed E-state index contributed by atoms with van der Waals surface area (Å²) >= 11 is 24.3. The molecule has 0 saturated heterocycles. The van der Waals surface area contributed by atoms with Crippen LogP contribution in [0, 0.1) is 0 Å². The van der Waals surface area contributed by atoms with E-state index in [2.05, 4.69) is 0 Å². The third-order valence-corrected chi connectivity index (χ3v) is 6.31. The Morgan fingerprint density at radius 1 is 0.879 bits per heavy atom. The summed E-state index contributed by atoms with van der Waals surface area (Å²) in [7, 11) is 0. The summed E-state index contributed by atoms with van der Waals surface area (Å²) in [4.78, 5) is 13.1. The van der Waals surface area contributed by atoms with E-state index in [0.29, 0.717) is 10.6 Å². The number of alkyl halides is 3. The minimum absolute atomic E-state index is 0.00937. The summed E-state index contributed by atoms with van der Waals surface area (Å²) in [6, 6.07) is 12.7. The Balaban J connectivity index is 1.81. The minimum Gasteiger partial charge on any atom is -0.489 e. The van der Waals surface area contributed by atoms with Gasteiger partial charge in [-0.3, -0.25) is 4.79 Å². The zero-order valence-electron chi connectivity index (χ0n) is 16.3. The summed E-state index contributed by atoms with van der Waals surface area (Å²) in [5, 5.41) is 0.695. The number of fused-ring (bicyclic) bond motifs is 1. The molecular weight excluding hydrogens is 523 g/mol. The predicted octanol–water partition coefficient (Wildman–Crippen LogP) is 8.67. The molecule has 0 unspecified atom stereocenters. The minimum atomic E-state index is -4.94. The fraction of sp³-hybridized carbons (Fsp3) is 0.0870. The number of halogens is 7. The van der Waals surface area contributed by atoms with Gasteiger partial charge < -0.3 is 9.15 Å². The first-order valence-corrected chi connectivity index (χ1v) is 10.8. The van der Waals surface area contributed by atoms with E-state index in [9.17, 15) is 18.0 Å². The van der Waals surface area contributed by atoms with Crippen LogP contribution in [-0.4, -0.2) is 0 Å². The molecule has 0 aliphatic heterocycles. The van der Waals surface area contributed by atoms with E-state index in [1.54, 1.807) is 12.1 Å². The molecule has 0 bridgehead atoms. The van der Waals surface area contributed by atoms with E-state index >= 15 is 0 Å². The van der Waals surface area contributed by atoms with Crippen LogP contribution in [0.25, 0.3) is 22.1 Å². The average molecular weight is 534 g/mol. The monoisotopic (exact) mass is 532 g/mol. The molecule has 0 saturated carbocycles. The van der Waals surface area contributed by atoms with Gasteiger partial charge in [-0.1, -0.05) is 64.6 Å². The molecule has 170 valence electrons. The summed E-state index contributed by atoms with van der Waals surface area (Å²) in [6.45, 7) is -0.113. The maximum atomic E-state index is 13.8. The van der Waals surface area contributed by atoms with E-state index in [-0.39, 0.29) is 44.0 Å². The predicted molar refractivity (Wildman–Crippen MR) is 124 cm³/mol. The summed E-state index contributed by atoms with van der Waals surface area (Å²) in [5.41, 5.74) is -1.51. The second-order valence-corrected chi connectivity index (χ2v) is 8.48. The lowest BCUT2D eigenvalue weighted by Crippen LogP contribution is -2.16. The van der Waals surface area contributed by atoms with Crippen molar-refractivity contribution in [3.63, 3.8) is 0 Å². The van der Waals surface area contributed by atoms with Gasteiger partial charge >= 0.3 is 6.18 Å². The molecule has 10 heteroatoms. The maximum Gasteiger partial charge on any atom is 0.450 e. The van der Waals surface area contributed by atoms with Gasteiger partial charge in [0.25, 0.3) is 0 Å². The quantitative estimate of drug-likeness (QED) is 0.246. The maximum absolute atomic E-state index is 13.8. The van der Waals surface area contributed by atoms with Crippen molar-refractivity contribution < 1.29 is 22.3 Å². The van der Waals surface area contributed by atoms with Crippen LogP contribution in [0.15, 0.2) is 63.8 Å². The average Bonchev–Trinajstić information content (AvgIpc) is 2.76. The highest BCUT2D eigenvalue weighted by Gasteiger charge is 2.39. The first-order valence-electron chi connectivity index (χ1n) is 9.26. The molecule has 4 rings (SSSR count). The van der Waals surface area contributed by atoms with E-state index < -0.39 is 22.9 Å². The van der Waals surface area contributed by atoms with Crippen LogP contribution >= 0.6 is 46.4 Å². The Labute approximate surface area is 205 Å². The lowest BCUT2D eigenvalue weighted by atomic mass is 10.0. The zero-order chi connectivity index (χ0) is 23.9. The smallest absolute Gasteiger partial charge is 0.450 e. The topological polar surface area (TPSA) is 39.4 Å². The van der Waals surface area contributed by atoms with Crippen LogP contribution in [-0.2, 0) is 12.8 Å². The molecule has 0 spiro atoms. The zero-order valence-corrected chi connectivity index (χ0v) is 19.3. The van der Waals surface area contributed by atoms with Crippen molar-refractivity contribution in [1.29, 1.82) is 0 Å². The lowest BCUT2D eigenvalue weighted by molar-refractivity contribution is -0.152. The highest BCUT2D eigenvalue weighted by Crippen LogP contribution is 2.40. The fourth-order valence-corrected chi connectivity index (χ4v) is 4.12. The fourth-order valence-electron chi connectivity index (χ4n) is 3.23. The number of hydrogen-bond donors (Lipinski definition) is 0. The molecule has 0 aliphatic carbocycles. The molecule has 0 N–H and O–H groups in total. The summed E-state index contributed by atoms with van der Waals surface area (Å²) in [5.74, 6) is -1.32. The van der Waals surface area contributed by atoms with E-state index in [1.165, 1.54) is 42.5 Å². The molecule has 0 atom stereocenters. The largest absolute Gasteiger partial charge is 0.489 e. The molecule has 0 amide bonds. The second kappa shape index (κ2) is 9.11. The highest BCUT2D eigenvalue weighted by molar-refractivity contribution is 6.44. The van der Waals surface area contributed by atoms with Crippen molar-refractivity contribution in [3.8, 4) is 16.9 Å². The standard InChI is InChI=1S/C23H11Cl4F3O3/c24-15-4-2-1-3-12(15)19-21(31)13-6-5-11(9-18(13)33-22(19)23(28,29)30)32-10-14-16(25)7-8-17(26)20(14)27/h1-9H,10H2. The normalized spacial score (nSPS) is 11.7. The number of benzene rings is 3. The van der Waals surface area contributed by atoms with Crippen LogP contribution in [0.2, 0.25) is 20.1 Å². The van der Waals surface area contributed by atoms with Gasteiger partial charge in [-0.15, -0.1) is 0 Å². The lowest BCUT2D eigenvalue weighted by Gasteiger charge is -2.14. The van der Waals surface area contributed by atoms with Crippen molar-refractivity contribution in [1.82, 2.24) is 0 Å². The Hall–Kier alpha value is -2.38. The summed E-state index contributed by atoms with van der Waals surface area (Å²) in [6.07, 6.45) is -4.94. The molecule has 1 heterocycles. The van der Waals surface area contributed by atoms with Gasteiger partial charge in [-0.25, -0.2) is 0 Å². The molecule has 3 nitrogen and oxygen atoms in total. The van der Waals surface area contributed by atoms with Crippen LogP contribution in [0.1, 0.15) is 11.3 Å². The van der Waals surface area contributed by atoms with Crippen molar-refractivity contribution in [2.45, 2.75) is 12.8 Å². The number of ether oxygens (including phenoxy) is 1. The van der Waals surface area contributed by atoms with Gasteiger partial charge in [0, 0.05) is 27.2 Å². The molecule has 1 aromatic heterocycles. The van der Waals surface area contributed by atoms with Crippen molar-refractivity contribution in [2.75, 3.05) is 0 Å². The molecule has 0 radical (unpaired) electrons. The first kappa shape index (κ1) is 23.8. The van der Waals surface area contributed by atoms with Gasteiger partial charge in [-0.2, -0.15) is 13.2 Å². The van der Waals surface area contributed by atoms with Crippen LogP contribution in [0.3, 0.4) is 0 Å². The molecule has 33 heavy (non-hydrogen) atoms. The Morgan fingerprint density at radius 3 is 2.27 bits per heavy atom. The number of hydrogen-bond acceptors (Lipinski definition) is 3. The Morgan fingerprint density at radius 2 is 1.58 bits per heavy atom. The van der Waals surface area contributed by atoms with Crippen LogP contribution in [0.4, 0.5) is 13.2 Å². The Bertz CT molecular complexity index is 1430. The molecule has 3 aromatic carbocycles. The van der Waals surface area contributed by atoms with Gasteiger partial charge in [0.1, 0.15) is 17.9 Å². The van der Waals surface area contributed by atoms with Crippen molar-refractivity contribution in [2.24, 2.45) is 0 Å². The first-order chi connectivity index (χ1) is 15.6.